The fraction of sp³-hybridized carbons (Fsp3) is 0. The minimum Gasteiger partial charge on any atom is -0.242 e. The fourth-order valence-corrected chi connectivity index (χ4v) is 2.29. The van der Waals surface area contributed by atoms with E-state index in [0.717, 1.165) is 33.9 Å². The summed E-state index contributed by atoms with van der Waals surface area (Å²) in [4.78, 5) is 9.06. The molecule has 0 saturated heterocycles. The molecule has 2 heterocycles. The van der Waals surface area contributed by atoms with Gasteiger partial charge in [-0.1, -0.05) is 30.3 Å². The minimum atomic E-state index is 0.744. The van der Waals surface area contributed by atoms with Gasteiger partial charge in [0.2, 0.25) is 5.10 Å². The number of hydrogen-bond donors (Lipinski definition) is 0. The lowest BCUT2D eigenvalue weighted by atomic mass is 9.99. The molecule has 0 unspecified atom stereocenters. The molecule has 0 saturated carbocycles. The van der Waals surface area contributed by atoms with E-state index < -0.39 is 0 Å². The van der Waals surface area contributed by atoms with Gasteiger partial charge in [-0.2, -0.15) is 0 Å². The van der Waals surface area contributed by atoms with E-state index in [2.05, 4.69) is 20.2 Å². The van der Waals surface area contributed by atoms with E-state index in [1.807, 2.05) is 48.5 Å². The highest BCUT2D eigenvalue weighted by molar-refractivity contribution is 6.67. The molecule has 4 nitrogen and oxygen atoms in total. The molecule has 92 valence electrons. The summed E-state index contributed by atoms with van der Waals surface area (Å²) < 4.78 is 0. The van der Waals surface area contributed by atoms with Crippen LogP contribution in [0.5, 0.6) is 0 Å². The van der Waals surface area contributed by atoms with Gasteiger partial charge in [-0.15, -0.1) is 0 Å². The van der Waals surface area contributed by atoms with Gasteiger partial charge in [-0.3, -0.25) is 0 Å². The van der Waals surface area contributed by atoms with Gasteiger partial charge >= 0.3 is 17.1 Å². The maximum atomic E-state index is 4.63. The molecule has 0 amide bonds. The van der Waals surface area contributed by atoms with Crippen molar-refractivity contribution in [2.45, 2.75) is 0 Å². The van der Waals surface area contributed by atoms with Crippen LogP contribution in [0.1, 0.15) is 11.1 Å². The van der Waals surface area contributed by atoms with Crippen molar-refractivity contribution in [1.82, 2.24) is 10.1 Å². The molecular formula is C16H10N4+2. The van der Waals surface area contributed by atoms with E-state index in [-0.39, 0.29) is 0 Å². The molecule has 2 aromatic rings. The average molecular weight is 258 g/mol. The van der Waals surface area contributed by atoms with Gasteiger partial charge in [0.05, 0.1) is 15.7 Å². The first-order valence-electron chi connectivity index (χ1n) is 6.34. The highest BCUT2D eigenvalue weighted by atomic mass is 15.2. The summed E-state index contributed by atoms with van der Waals surface area (Å²) in [6.07, 6.45) is 3.51. The van der Waals surface area contributed by atoms with E-state index >= 15 is 0 Å². The Bertz CT molecular complexity index is 813. The van der Waals surface area contributed by atoms with Crippen LogP contribution in [0.25, 0.3) is 0 Å². The summed E-state index contributed by atoms with van der Waals surface area (Å²) in [5.41, 5.74) is 5.33. The molecule has 2 radical (unpaired) electrons. The standard InChI is InChI=1S/C16H10N4/c1-2-6-12-11(5-1)9-18-20-16(12)15-10-17-13-7-3-4-8-14(13)19-15/h1-10H/q+2. The summed E-state index contributed by atoms with van der Waals surface area (Å²) in [6.45, 7) is 0. The van der Waals surface area contributed by atoms with E-state index in [1.165, 1.54) is 0 Å². The Morgan fingerprint density at radius 3 is 2.70 bits per heavy atom. The second-order valence-corrected chi connectivity index (χ2v) is 4.52. The van der Waals surface area contributed by atoms with Crippen LogP contribution in [0.15, 0.2) is 58.6 Å². The molecule has 2 aromatic carbocycles. The highest BCUT2D eigenvalue weighted by Crippen LogP contribution is 2.25. The first-order chi connectivity index (χ1) is 9.92. The van der Waals surface area contributed by atoms with Crippen LogP contribution in [0.4, 0.5) is 11.4 Å². The SMILES string of the molecule is C1=N[N+]=C(C2=[N+]c3ccccc3N=C2)c2ccccc21. The lowest BCUT2D eigenvalue weighted by Crippen LogP contribution is -2.28. The number of nitrogens with zero attached hydrogens (tertiary/aromatic N) is 4. The third-order valence-corrected chi connectivity index (χ3v) is 3.26. The van der Waals surface area contributed by atoms with Crippen molar-refractivity contribution in [2.75, 3.05) is 0 Å². The molecule has 0 aromatic heterocycles. The molecule has 4 rings (SSSR count). The van der Waals surface area contributed by atoms with Gasteiger partial charge < -0.3 is 0 Å². The van der Waals surface area contributed by atoms with Crippen LogP contribution >= 0.6 is 0 Å². The van der Waals surface area contributed by atoms with E-state index in [9.17, 15) is 0 Å². The number of benzene rings is 2. The lowest BCUT2D eigenvalue weighted by Gasteiger charge is -2.00. The smallest absolute Gasteiger partial charge is 0.242 e. The molecule has 0 bridgehead atoms. The lowest BCUT2D eigenvalue weighted by molar-refractivity contribution is 1.10. The van der Waals surface area contributed by atoms with Crippen molar-refractivity contribution < 1.29 is 0 Å². The Labute approximate surface area is 115 Å². The van der Waals surface area contributed by atoms with Crippen molar-refractivity contribution in [1.29, 1.82) is 0 Å². The Morgan fingerprint density at radius 1 is 0.850 bits per heavy atom. The zero-order valence-corrected chi connectivity index (χ0v) is 10.6. The quantitative estimate of drug-likeness (QED) is 0.751. The number of hydrogen-bond acceptors (Lipinski definition) is 4. The predicted molar refractivity (Wildman–Crippen MR) is 81.7 cm³/mol. The van der Waals surface area contributed by atoms with Crippen LogP contribution in [0.3, 0.4) is 0 Å². The third-order valence-electron chi connectivity index (χ3n) is 3.26. The molecule has 4 heteroatoms. The molecule has 0 spiro atoms. The normalized spacial score (nSPS) is 15.2. The van der Waals surface area contributed by atoms with E-state index in [4.69, 9.17) is 0 Å². The zero-order chi connectivity index (χ0) is 13.4. The Balaban J connectivity index is 1.85. The van der Waals surface area contributed by atoms with Gasteiger partial charge in [0.15, 0.2) is 0 Å². The predicted octanol–water partition coefficient (Wildman–Crippen LogP) is 1.98. The van der Waals surface area contributed by atoms with Crippen LogP contribution in [0.2, 0.25) is 0 Å². The Kier molecular flexibility index (Phi) is 2.39. The number of aliphatic imine (C=N–C) groups is 2. The molecule has 0 N–H and O–H groups in total. The number of para-hydroxylation sites is 2. The molecule has 0 aliphatic carbocycles. The molecule has 2 aliphatic rings. The van der Waals surface area contributed by atoms with Crippen molar-refractivity contribution in [2.24, 2.45) is 10.1 Å². The Hall–Kier alpha value is -2.88. The fourth-order valence-electron chi connectivity index (χ4n) is 2.29. The van der Waals surface area contributed by atoms with Crippen molar-refractivity contribution >= 4 is 35.2 Å². The van der Waals surface area contributed by atoms with Crippen molar-refractivity contribution in [3.05, 3.63) is 59.7 Å². The number of fused-ring (bicyclic) bond motifs is 2. The van der Waals surface area contributed by atoms with Gasteiger partial charge in [0.25, 0.3) is 0 Å². The average Bonchev–Trinajstić information content (AvgIpc) is 2.54. The van der Waals surface area contributed by atoms with Gasteiger partial charge in [0.1, 0.15) is 18.1 Å². The first-order valence-corrected chi connectivity index (χ1v) is 6.34. The van der Waals surface area contributed by atoms with Gasteiger partial charge in [-0.05, 0) is 12.1 Å². The zero-order valence-electron chi connectivity index (χ0n) is 10.6. The molecule has 0 fully saturated rings. The molecule has 0 atom stereocenters. The minimum absolute atomic E-state index is 0.744. The van der Waals surface area contributed by atoms with E-state index in [1.54, 1.807) is 12.4 Å². The molecular weight excluding hydrogens is 248 g/mol. The topological polar surface area (TPSA) is 52.9 Å². The summed E-state index contributed by atoms with van der Waals surface area (Å²) in [5, 5.41) is 8.28. The van der Waals surface area contributed by atoms with Crippen LogP contribution in [-0.2, 0) is 0 Å². The largest absolute Gasteiger partial charge is 0.399 e. The first kappa shape index (κ1) is 11.0. The second kappa shape index (κ2) is 4.35. The van der Waals surface area contributed by atoms with Gasteiger partial charge in [-0.25, -0.2) is 4.99 Å². The maximum absolute atomic E-state index is 4.63. The van der Waals surface area contributed by atoms with Crippen LogP contribution in [-0.4, -0.2) is 23.9 Å². The summed E-state index contributed by atoms with van der Waals surface area (Å²) in [6, 6.07) is 15.8. The maximum Gasteiger partial charge on any atom is 0.399 e. The monoisotopic (exact) mass is 258 g/mol. The van der Waals surface area contributed by atoms with Crippen LogP contribution in [0, 0.1) is 0 Å². The summed E-state index contributed by atoms with van der Waals surface area (Å²) in [5.74, 6) is 0. The molecule has 20 heavy (non-hydrogen) atoms. The molecule has 2 aliphatic heterocycles. The second-order valence-electron chi connectivity index (χ2n) is 4.52. The summed E-state index contributed by atoms with van der Waals surface area (Å²) in [7, 11) is 0. The van der Waals surface area contributed by atoms with E-state index in [0.29, 0.717) is 0 Å². The van der Waals surface area contributed by atoms with Crippen molar-refractivity contribution in [3.8, 4) is 0 Å². The number of rotatable bonds is 1. The Morgan fingerprint density at radius 2 is 1.70 bits per heavy atom. The van der Waals surface area contributed by atoms with Crippen molar-refractivity contribution in [3.63, 3.8) is 0 Å². The van der Waals surface area contributed by atoms with Gasteiger partial charge in [0, 0.05) is 11.6 Å². The highest BCUT2D eigenvalue weighted by Gasteiger charge is 2.36. The third kappa shape index (κ3) is 1.70. The van der Waals surface area contributed by atoms with Crippen LogP contribution < -0.4 is 10.1 Å². The summed E-state index contributed by atoms with van der Waals surface area (Å²) >= 11 is 0.